The second-order valence-corrected chi connectivity index (χ2v) is 5.20. The van der Waals surface area contributed by atoms with Crippen molar-refractivity contribution in [2.45, 2.75) is 46.6 Å². The predicted molar refractivity (Wildman–Crippen MR) is 77.3 cm³/mol. The van der Waals surface area contributed by atoms with E-state index >= 15 is 0 Å². The molecule has 0 fully saturated rings. The monoisotopic (exact) mass is 259 g/mol. The van der Waals surface area contributed by atoms with Crippen LogP contribution in [0.1, 0.15) is 37.0 Å². The van der Waals surface area contributed by atoms with Crippen molar-refractivity contribution < 1.29 is 9.21 Å². The van der Waals surface area contributed by atoms with E-state index in [1.807, 2.05) is 19.9 Å². The van der Waals surface area contributed by atoms with Crippen LogP contribution >= 0.6 is 0 Å². The van der Waals surface area contributed by atoms with Gasteiger partial charge in [-0.05, 0) is 38.3 Å². The number of hydrogen-bond donors (Lipinski definition) is 1. The van der Waals surface area contributed by atoms with Crippen LogP contribution in [-0.4, -0.2) is 11.9 Å². The van der Waals surface area contributed by atoms with Crippen LogP contribution in [0.2, 0.25) is 0 Å². The zero-order valence-electron chi connectivity index (χ0n) is 12.0. The summed E-state index contributed by atoms with van der Waals surface area (Å²) in [6, 6.07) is 4.32. The zero-order valence-corrected chi connectivity index (χ0v) is 12.0. The van der Waals surface area contributed by atoms with Gasteiger partial charge in [-0.15, -0.1) is 0 Å². The molecule has 1 amide bonds. The Morgan fingerprint density at radius 1 is 1.37 bits per heavy atom. The van der Waals surface area contributed by atoms with Gasteiger partial charge in [0.2, 0.25) is 5.91 Å². The average Bonchev–Trinajstić information content (AvgIpc) is 2.77. The number of carbonyl (C=O) groups excluding carboxylic acids is 1. The van der Waals surface area contributed by atoms with Crippen LogP contribution in [-0.2, 0) is 11.2 Å². The zero-order chi connectivity index (χ0) is 14.0. The Bertz CT molecular complexity index is 598. The smallest absolute Gasteiger partial charge is 0.224 e. The van der Waals surface area contributed by atoms with Gasteiger partial charge in [0, 0.05) is 17.0 Å². The quantitative estimate of drug-likeness (QED) is 0.913. The van der Waals surface area contributed by atoms with Crippen molar-refractivity contribution in [2.75, 3.05) is 0 Å². The average molecular weight is 259 g/mol. The highest BCUT2D eigenvalue weighted by Crippen LogP contribution is 2.26. The molecule has 3 heteroatoms. The largest absolute Gasteiger partial charge is 0.464 e. The van der Waals surface area contributed by atoms with Gasteiger partial charge >= 0.3 is 0 Å². The topological polar surface area (TPSA) is 42.2 Å². The third-order valence-electron chi connectivity index (χ3n) is 3.71. The summed E-state index contributed by atoms with van der Waals surface area (Å²) in [6.45, 7) is 8.18. The molecule has 3 nitrogen and oxygen atoms in total. The lowest BCUT2D eigenvalue weighted by Gasteiger charge is -2.10. The lowest BCUT2D eigenvalue weighted by molar-refractivity contribution is -0.121. The van der Waals surface area contributed by atoms with Crippen molar-refractivity contribution in [3.8, 4) is 0 Å². The van der Waals surface area contributed by atoms with Crippen LogP contribution in [0.25, 0.3) is 11.0 Å². The molecule has 102 valence electrons. The fourth-order valence-corrected chi connectivity index (χ4v) is 2.13. The van der Waals surface area contributed by atoms with Crippen LogP contribution in [0.15, 0.2) is 22.8 Å². The normalized spacial score (nSPS) is 12.6. The molecule has 1 aromatic carbocycles. The fourth-order valence-electron chi connectivity index (χ4n) is 2.13. The highest BCUT2D eigenvalue weighted by Gasteiger charge is 2.13. The van der Waals surface area contributed by atoms with E-state index in [-0.39, 0.29) is 11.9 Å². The molecule has 1 N–H and O–H groups in total. The molecular weight excluding hydrogens is 238 g/mol. The van der Waals surface area contributed by atoms with Crippen molar-refractivity contribution in [3.05, 3.63) is 35.1 Å². The van der Waals surface area contributed by atoms with E-state index in [1.165, 1.54) is 5.56 Å². The molecule has 1 atom stereocenters. The number of nitrogens with one attached hydrogen (secondary N) is 1. The van der Waals surface area contributed by atoms with Gasteiger partial charge in [0.25, 0.3) is 0 Å². The second kappa shape index (κ2) is 5.47. The molecule has 0 spiro atoms. The molecule has 2 aromatic rings. The van der Waals surface area contributed by atoms with E-state index in [0.717, 1.165) is 28.5 Å². The molecule has 0 saturated heterocycles. The standard InChI is InChI=1S/C16H21NO2/c1-5-11(3)17-15(18)8-13-9-19-16-12(4)10(2)6-7-14(13)16/h6-7,9,11H,5,8H2,1-4H3,(H,17,18). The summed E-state index contributed by atoms with van der Waals surface area (Å²) in [6.07, 6.45) is 3.02. The number of amides is 1. The summed E-state index contributed by atoms with van der Waals surface area (Å²) < 4.78 is 5.61. The maximum atomic E-state index is 11.9. The minimum absolute atomic E-state index is 0.0512. The van der Waals surface area contributed by atoms with Crippen molar-refractivity contribution in [3.63, 3.8) is 0 Å². The molecule has 0 aliphatic carbocycles. The maximum absolute atomic E-state index is 11.9. The Balaban J connectivity index is 2.22. The summed E-state index contributed by atoms with van der Waals surface area (Å²) in [5.41, 5.74) is 4.20. The highest BCUT2D eigenvalue weighted by molar-refractivity contribution is 5.89. The van der Waals surface area contributed by atoms with Gasteiger partial charge in [-0.2, -0.15) is 0 Å². The number of hydrogen-bond acceptors (Lipinski definition) is 2. The Morgan fingerprint density at radius 2 is 2.11 bits per heavy atom. The number of benzene rings is 1. The van der Waals surface area contributed by atoms with Gasteiger partial charge in [-0.3, -0.25) is 4.79 Å². The maximum Gasteiger partial charge on any atom is 0.224 e. The van der Waals surface area contributed by atoms with Crippen molar-refractivity contribution in [2.24, 2.45) is 0 Å². The molecule has 1 heterocycles. The summed E-state index contributed by atoms with van der Waals surface area (Å²) in [5, 5.41) is 4.02. The van der Waals surface area contributed by atoms with E-state index in [9.17, 15) is 4.79 Å². The molecule has 2 rings (SSSR count). The van der Waals surface area contributed by atoms with Crippen LogP contribution in [0.4, 0.5) is 0 Å². The summed E-state index contributed by atoms with van der Waals surface area (Å²) in [4.78, 5) is 11.9. The van der Waals surface area contributed by atoms with Crippen LogP contribution in [0.5, 0.6) is 0 Å². The Morgan fingerprint density at radius 3 is 2.79 bits per heavy atom. The van der Waals surface area contributed by atoms with Gasteiger partial charge in [-0.25, -0.2) is 0 Å². The fraction of sp³-hybridized carbons (Fsp3) is 0.438. The number of carbonyl (C=O) groups is 1. The third-order valence-corrected chi connectivity index (χ3v) is 3.71. The van der Waals surface area contributed by atoms with Crippen molar-refractivity contribution in [1.29, 1.82) is 0 Å². The first-order valence-electron chi connectivity index (χ1n) is 6.78. The first-order chi connectivity index (χ1) is 9.02. The van der Waals surface area contributed by atoms with E-state index in [1.54, 1.807) is 6.26 Å². The number of rotatable bonds is 4. The van der Waals surface area contributed by atoms with Gasteiger partial charge in [-0.1, -0.05) is 19.1 Å². The Labute approximate surface area is 114 Å². The van der Waals surface area contributed by atoms with Gasteiger partial charge in [0.15, 0.2) is 0 Å². The number of aryl methyl sites for hydroxylation is 2. The number of fused-ring (bicyclic) bond motifs is 1. The van der Waals surface area contributed by atoms with Crippen molar-refractivity contribution >= 4 is 16.9 Å². The SMILES string of the molecule is CCC(C)NC(=O)Cc1coc2c(C)c(C)ccc12. The van der Waals surface area contributed by atoms with Crippen LogP contribution < -0.4 is 5.32 Å². The van der Waals surface area contributed by atoms with E-state index < -0.39 is 0 Å². The Kier molecular flexibility index (Phi) is 3.93. The van der Waals surface area contributed by atoms with E-state index in [2.05, 4.69) is 25.2 Å². The lowest BCUT2D eigenvalue weighted by Crippen LogP contribution is -2.33. The first kappa shape index (κ1) is 13.7. The number of furan rings is 1. The molecule has 1 unspecified atom stereocenters. The molecule has 0 bridgehead atoms. The molecule has 0 aliphatic heterocycles. The highest BCUT2D eigenvalue weighted by atomic mass is 16.3. The first-order valence-corrected chi connectivity index (χ1v) is 6.78. The molecular formula is C16H21NO2. The van der Waals surface area contributed by atoms with Crippen LogP contribution in [0, 0.1) is 13.8 Å². The Hall–Kier alpha value is -1.77. The summed E-state index contributed by atoms with van der Waals surface area (Å²) in [5.74, 6) is 0.0512. The third kappa shape index (κ3) is 2.80. The molecule has 0 radical (unpaired) electrons. The molecule has 1 aromatic heterocycles. The van der Waals surface area contributed by atoms with Gasteiger partial charge < -0.3 is 9.73 Å². The molecule has 0 aliphatic rings. The van der Waals surface area contributed by atoms with Gasteiger partial charge in [0.05, 0.1) is 12.7 Å². The van der Waals surface area contributed by atoms with Crippen molar-refractivity contribution in [1.82, 2.24) is 5.32 Å². The minimum atomic E-state index is 0.0512. The van der Waals surface area contributed by atoms with E-state index in [0.29, 0.717) is 6.42 Å². The predicted octanol–water partition coefficient (Wildman–Crippen LogP) is 3.51. The van der Waals surface area contributed by atoms with E-state index in [4.69, 9.17) is 4.42 Å². The molecule has 19 heavy (non-hydrogen) atoms. The summed E-state index contributed by atoms with van der Waals surface area (Å²) in [7, 11) is 0. The van der Waals surface area contributed by atoms with Gasteiger partial charge in [0.1, 0.15) is 5.58 Å². The summed E-state index contributed by atoms with van der Waals surface area (Å²) >= 11 is 0. The van der Waals surface area contributed by atoms with Crippen LogP contribution in [0.3, 0.4) is 0 Å². The minimum Gasteiger partial charge on any atom is -0.464 e. The lowest BCUT2D eigenvalue weighted by atomic mass is 10.0. The second-order valence-electron chi connectivity index (χ2n) is 5.20. The molecule has 0 saturated carbocycles.